The SMILES string of the molecule is CNc1ccncc1C(=O)NC1CCCCC1SC. The van der Waals surface area contributed by atoms with E-state index in [1.54, 1.807) is 12.4 Å². The molecule has 2 rings (SSSR count). The van der Waals surface area contributed by atoms with Gasteiger partial charge in [0.25, 0.3) is 5.91 Å². The van der Waals surface area contributed by atoms with Crippen molar-refractivity contribution in [2.24, 2.45) is 0 Å². The summed E-state index contributed by atoms with van der Waals surface area (Å²) in [5, 5.41) is 6.74. The standard InChI is InChI=1S/C14H21N3OS/c1-15-11-7-8-16-9-10(11)14(18)17-12-5-3-4-6-13(12)19-2/h7-9,12-13H,3-6H2,1-2H3,(H,15,16)(H,17,18). The molecule has 0 radical (unpaired) electrons. The van der Waals surface area contributed by atoms with E-state index >= 15 is 0 Å². The van der Waals surface area contributed by atoms with Crippen LogP contribution < -0.4 is 10.6 Å². The van der Waals surface area contributed by atoms with Gasteiger partial charge in [0.1, 0.15) is 0 Å². The third-order valence-electron chi connectivity index (χ3n) is 3.66. The predicted octanol–water partition coefficient (Wildman–Crippen LogP) is 2.53. The van der Waals surface area contributed by atoms with Crippen molar-refractivity contribution in [1.82, 2.24) is 10.3 Å². The number of hydrogen-bond donors (Lipinski definition) is 2. The first kappa shape index (κ1) is 14.2. The highest BCUT2D eigenvalue weighted by molar-refractivity contribution is 7.99. The molecule has 1 aromatic rings. The molecule has 4 nitrogen and oxygen atoms in total. The van der Waals surface area contributed by atoms with Crippen molar-refractivity contribution in [3.8, 4) is 0 Å². The van der Waals surface area contributed by atoms with Gasteiger partial charge in [0.2, 0.25) is 0 Å². The second-order valence-electron chi connectivity index (χ2n) is 4.81. The second kappa shape index (κ2) is 6.80. The van der Waals surface area contributed by atoms with Crippen LogP contribution in [0, 0.1) is 0 Å². The highest BCUT2D eigenvalue weighted by Gasteiger charge is 2.26. The van der Waals surface area contributed by atoms with Gasteiger partial charge in [-0.05, 0) is 25.2 Å². The number of amides is 1. The second-order valence-corrected chi connectivity index (χ2v) is 5.89. The lowest BCUT2D eigenvalue weighted by Crippen LogP contribution is -2.43. The number of carbonyl (C=O) groups is 1. The van der Waals surface area contributed by atoms with Crippen molar-refractivity contribution in [2.45, 2.75) is 37.0 Å². The lowest BCUT2D eigenvalue weighted by Gasteiger charge is -2.31. The number of pyridine rings is 1. The van der Waals surface area contributed by atoms with Crippen LogP contribution in [-0.2, 0) is 0 Å². The Bertz CT molecular complexity index is 438. The van der Waals surface area contributed by atoms with Crippen LogP contribution in [0.4, 0.5) is 5.69 Å². The van der Waals surface area contributed by atoms with Crippen LogP contribution in [0.3, 0.4) is 0 Å². The summed E-state index contributed by atoms with van der Waals surface area (Å²) < 4.78 is 0. The number of carbonyl (C=O) groups excluding carboxylic acids is 1. The van der Waals surface area contributed by atoms with Crippen LogP contribution >= 0.6 is 11.8 Å². The van der Waals surface area contributed by atoms with E-state index in [2.05, 4.69) is 21.9 Å². The molecule has 0 aliphatic heterocycles. The fourth-order valence-electron chi connectivity index (χ4n) is 2.58. The molecule has 1 heterocycles. The smallest absolute Gasteiger partial charge is 0.255 e. The van der Waals surface area contributed by atoms with E-state index < -0.39 is 0 Å². The summed E-state index contributed by atoms with van der Waals surface area (Å²) in [7, 11) is 1.82. The van der Waals surface area contributed by atoms with Crippen molar-refractivity contribution < 1.29 is 4.79 Å². The summed E-state index contributed by atoms with van der Waals surface area (Å²) in [6.45, 7) is 0. The molecule has 0 saturated heterocycles. The Balaban J connectivity index is 2.07. The molecule has 1 saturated carbocycles. The quantitative estimate of drug-likeness (QED) is 0.889. The average Bonchev–Trinajstić information content (AvgIpc) is 2.47. The van der Waals surface area contributed by atoms with Gasteiger partial charge < -0.3 is 10.6 Å². The maximum atomic E-state index is 12.4. The first-order valence-electron chi connectivity index (χ1n) is 6.71. The summed E-state index contributed by atoms with van der Waals surface area (Å²) in [5.41, 5.74) is 1.44. The fraction of sp³-hybridized carbons (Fsp3) is 0.571. The maximum Gasteiger partial charge on any atom is 0.255 e. The number of nitrogens with zero attached hydrogens (tertiary/aromatic N) is 1. The van der Waals surface area contributed by atoms with Gasteiger partial charge in [-0.2, -0.15) is 11.8 Å². The van der Waals surface area contributed by atoms with Crippen LogP contribution in [-0.4, -0.2) is 35.5 Å². The number of hydrogen-bond acceptors (Lipinski definition) is 4. The van der Waals surface area contributed by atoms with E-state index in [-0.39, 0.29) is 11.9 Å². The Morgan fingerprint density at radius 2 is 2.21 bits per heavy atom. The minimum atomic E-state index is -0.0246. The lowest BCUT2D eigenvalue weighted by atomic mass is 9.94. The Morgan fingerprint density at radius 3 is 2.95 bits per heavy atom. The molecule has 2 atom stereocenters. The van der Waals surface area contributed by atoms with Gasteiger partial charge in [-0.3, -0.25) is 9.78 Å². The van der Waals surface area contributed by atoms with E-state index in [9.17, 15) is 4.79 Å². The minimum absolute atomic E-state index is 0.0246. The molecule has 1 amide bonds. The van der Waals surface area contributed by atoms with Gasteiger partial charge in [-0.25, -0.2) is 0 Å². The Kier molecular flexibility index (Phi) is 5.07. The van der Waals surface area contributed by atoms with Crippen molar-refractivity contribution >= 4 is 23.4 Å². The molecule has 0 spiro atoms. The van der Waals surface area contributed by atoms with Crippen molar-refractivity contribution in [3.05, 3.63) is 24.0 Å². The molecule has 5 heteroatoms. The van der Waals surface area contributed by atoms with Gasteiger partial charge in [-0.1, -0.05) is 12.8 Å². The third kappa shape index (κ3) is 3.41. The monoisotopic (exact) mass is 279 g/mol. The Morgan fingerprint density at radius 1 is 1.42 bits per heavy atom. The van der Waals surface area contributed by atoms with E-state index in [0.717, 1.165) is 12.1 Å². The highest BCUT2D eigenvalue weighted by Crippen LogP contribution is 2.27. The fourth-order valence-corrected chi connectivity index (χ4v) is 3.52. The third-order valence-corrected chi connectivity index (χ3v) is 4.83. The molecular formula is C14H21N3OS. The Hall–Kier alpha value is -1.23. The molecule has 104 valence electrons. The number of nitrogens with one attached hydrogen (secondary N) is 2. The van der Waals surface area contributed by atoms with E-state index in [4.69, 9.17) is 0 Å². The van der Waals surface area contributed by atoms with Gasteiger partial charge in [0.05, 0.1) is 5.56 Å². The van der Waals surface area contributed by atoms with Crippen LogP contribution in [0.2, 0.25) is 0 Å². The molecule has 1 aromatic heterocycles. The van der Waals surface area contributed by atoms with Gasteiger partial charge in [0, 0.05) is 36.4 Å². The zero-order chi connectivity index (χ0) is 13.7. The lowest BCUT2D eigenvalue weighted by molar-refractivity contribution is 0.0930. The van der Waals surface area contributed by atoms with Gasteiger partial charge in [-0.15, -0.1) is 0 Å². The normalized spacial score (nSPS) is 22.8. The molecular weight excluding hydrogens is 258 g/mol. The number of rotatable bonds is 4. The topological polar surface area (TPSA) is 54.0 Å². The van der Waals surface area contributed by atoms with Crippen molar-refractivity contribution in [2.75, 3.05) is 18.6 Å². The highest BCUT2D eigenvalue weighted by atomic mass is 32.2. The predicted molar refractivity (Wildman–Crippen MR) is 80.8 cm³/mol. The molecule has 0 aromatic carbocycles. The largest absolute Gasteiger partial charge is 0.387 e. The molecule has 0 bridgehead atoms. The summed E-state index contributed by atoms with van der Waals surface area (Å²) in [6, 6.07) is 2.10. The minimum Gasteiger partial charge on any atom is -0.387 e. The molecule has 1 fully saturated rings. The number of aromatic nitrogens is 1. The summed E-state index contributed by atoms with van der Waals surface area (Å²) in [5.74, 6) is -0.0246. The average molecular weight is 279 g/mol. The Labute approximate surface area is 118 Å². The van der Waals surface area contributed by atoms with E-state index in [1.165, 1.54) is 19.3 Å². The first-order chi connectivity index (χ1) is 9.26. The summed E-state index contributed by atoms with van der Waals surface area (Å²) in [4.78, 5) is 16.4. The maximum absolute atomic E-state index is 12.4. The van der Waals surface area contributed by atoms with Crippen LogP contribution in [0.15, 0.2) is 18.5 Å². The molecule has 1 aliphatic carbocycles. The van der Waals surface area contributed by atoms with Crippen LogP contribution in [0.5, 0.6) is 0 Å². The van der Waals surface area contributed by atoms with Gasteiger partial charge in [0.15, 0.2) is 0 Å². The molecule has 2 N–H and O–H groups in total. The van der Waals surface area contributed by atoms with Crippen molar-refractivity contribution in [3.63, 3.8) is 0 Å². The molecule has 1 aliphatic rings. The summed E-state index contributed by atoms with van der Waals surface area (Å²) in [6.07, 6.45) is 10.2. The number of anilines is 1. The molecule has 19 heavy (non-hydrogen) atoms. The zero-order valence-corrected chi connectivity index (χ0v) is 12.3. The van der Waals surface area contributed by atoms with Crippen molar-refractivity contribution in [1.29, 1.82) is 0 Å². The summed E-state index contributed by atoms with van der Waals surface area (Å²) >= 11 is 1.86. The zero-order valence-electron chi connectivity index (χ0n) is 11.5. The van der Waals surface area contributed by atoms with E-state index in [0.29, 0.717) is 10.8 Å². The van der Waals surface area contributed by atoms with Gasteiger partial charge >= 0.3 is 0 Å². The van der Waals surface area contributed by atoms with E-state index in [1.807, 2.05) is 24.9 Å². The first-order valence-corrected chi connectivity index (χ1v) is 8.00. The van der Waals surface area contributed by atoms with Crippen LogP contribution in [0.1, 0.15) is 36.0 Å². The number of thioether (sulfide) groups is 1. The molecule has 2 unspecified atom stereocenters. The van der Waals surface area contributed by atoms with Crippen LogP contribution in [0.25, 0.3) is 0 Å².